The van der Waals surface area contributed by atoms with Gasteiger partial charge in [-0.25, -0.2) is 0 Å². The number of halogens is 1. The Bertz CT molecular complexity index is 582. The molecule has 2 aromatic rings. The van der Waals surface area contributed by atoms with Crippen molar-refractivity contribution < 1.29 is 0 Å². The zero-order valence-corrected chi connectivity index (χ0v) is 12.3. The minimum atomic E-state index is 0.324. The molecule has 3 nitrogen and oxygen atoms in total. The Morgan fingerprint density at radius 1 is 1.53 bits per heavy atom. The minimum Gasteiger partial charge on any atom is -0.376 e. The van der Waals surface area contributed by atoms with Crippen LogP contribution >= 0.6 is 23.4 Å². The van der Waals surface area contributed by atoms with E-state index in [0.717, 1.165) is 29.4 Å². The number of nitrogens with zero attached hydrogens (tertiary/aromatic N) is 2. The van der Waals surface area contributed by atoms with E-state index < -0.39 is 0 Å². The summed E-state index contributed by atoms with van der Waals surface area (Å²) in [6.07, 6.45) is 5.04. The average molecular weight is 294 g/mol. The van der Waals surface area contributed by atoms with Crippen LogP contribution in [0.1, 0.15) is 24.9 Å². The molecule has 0 fully saturated rings. The maximum absolute atomic E-state index is 6.12. The Balaban J connectivity index is 1.84. The number of benzene rings is 1. The van der Waals surface area contributed by atoms with E-state index in [4.69, 9.17) is 11.6 Å². The summed E-state index contributed by atoms with van der Waals surface area (Å²) in [5.74, 6) is 1.13. The maximum Gasteiger partial charge on any atom is 0.0731 e. The average Bonchev–Trinajstić information content (AvgIpc) is 2.87. The summed E-state index contributed by atoms with van der Waals surface area (Å²) in [5, 5.41) is 8.66. The van der Waals surface area contributed by atoms with E-state index in [2.05, 4.69) is 29.5 Å². The SMILES string of the molecule is CCn1cc(NC2CCSc3ccc(Cl)cc32)cn1. The molecule has 2 heterocycles. The molecule has 0 saturated heterocycles. The molecule has 0 amide bonds. The van der Waals surface area contributed by atoms with E-state index in [1.807, 2.05) is 34.9 Å². The summed E-state index contributed by atoms with van der Waals surface area (Å²) in [7, 11) is 0. The molecule has 1 atom stereocenters. The highest BCUT2D eigenvalue weighted by atomic mass is 35.5. The van der Waals surface area contributed by atoms with Crippen molar-refractivity contribution in [1.29, 1.82) is 0 Å². The van der Waals surface area contributed by atoms with Crippen LogP contribution in [0.3, 0.4) is 0 Å². The quantitative estimate of drug-likeness (QED) is 0.919. The highest BCUT2D eigenvalue weighted by Crippen LogP contribution is 2.39. The summed E-state index contributed by atoms with van der Waals surface area (Å²) in [4.78, 5) is 1.33. The van der Waals surface area contributed by atoms with Gasteiger partial charge in [-0.3, -0.25) is 4.68 Å². The zero-order chi connectivity index (χ0) is 13.2. The van der Waals surface area contributed by atoms with Crippen LogP contribution in [-0.2, 0) is 6.54 Å². The number of rotatable bonds is 3. The predicted molar refractivity (Wildman–Crippen MR) is 81.1 cm³/mol. The van der Waals surface area contributed by atoms with Gasteiger partial charge >= 0.3 is 0 Å². The maximum atomic E-state index is 6.12. The van der Waals surface area contributed by atoms with E-state index in [-0.39, 0.29) is 0 Å². The Morgan fingerprint density at radius 2 is 2.42 bits per heavy atom. The van der Waals surface area contributed by atoms with Gasteiger partial charge in [0.25, 0.3) is 0 Å². The fraction of sp³-hybridized carbons (Fsp3) is 0.357. The molecular weight excluding hydrogens is 278 g/mol. The van der Waals surface area contributed by atoms with Crippen molar-refractivity contribution >= 4 is 29.1 Å². The molecule has 1 unspecified atom stereocenters. The number of hydrogen-bond donors (Lipinski definition) is 1. The van der Waals surface area contributed by atoms with Crippen LogP contribution in [-0.4, -0.2) is 15.5 Å². The van der Waals surface area contributed by atoms with E-state index >= 15 is 0 Å². The summed E-state index contributed by atoms with van der Waals surface area (Å²) < 4.78 is 1.93. The van der Waals surface area contributed by atoms with Gasteiger partial charge in [0.05, 0.1) is 17.9 Å². The fourth-order valence-electron chi connectivity index (χ4n) is 2.33. The molecule has 0 saturated carbocycles. The standard InChI is InChI=1S/C14H16ClN3S/c1-2-18-9-11(8-16-18)17-13-5-6-19-14-4-3-10(15)7-12(13)14/h3-4,7-9,13,17H,2,5-6H2,1H3. The smallest absolute Gasteiger partial charge is 0.0731 e. The first-order chi connectivity index (χ1) is 9.26. The van der Waals surface area contributed by atoms with Crippen molar-refractivity contribution in [2.24, 2.45) is 0 Å². The van der Waals surface area contributed by atoms with Crippen molar-refractivity contribution in [2.45, 2.75) is 30.8 Å². The second-order valence-electron chi connectivity index (χ2n) is 4.60. The third-order valence-corrected chi connectivity index (χ3v) is 4.67. The summed E-state index contributed by atoms with van der Waals surface area (Å²) in [5.41, 5.74) is 2.37. The predicted octanol–water partition coefficient (Wildman–Crippen LogP) is 4.21. The van der Waals surface area contributed by atoms with Crippen LogP contribution in [0.2, 0.25) is 5.02 Å². The van der Waals surface area contributed by atoms with Crippen molar-refractivity contribution in [3.63, 3.8) is 0 Å². The van der Waals surface area contributed by atoms with Gasteiger partial charge in [0, 0.05) is 28.4 Å². The molecule has 5 heteroatoms. The number of anilines is 1. The number of nitrogens with one attached hydrogen (secondary N) is 1. The van der Waals surface area contributed by atoms with Crippen molar-refractivity contribution in [3.05, 3.63) is 41.2 Å². The van der Waals surface area contributed by atoms with Crippen LogP contribution in [0.4, 0.5) is 5.69 Å². The van der Waals surface area contributed by atoms with Crippen LogP contribution < -0.4 is 5.32 Å². The molecule has 1 aromatic heterocycles. The van der Waals surface area contributed by atoms with Crippen LogP contribution in [0.25, 0.3) is 0 Å². The summed E-state index contributed by atoms with van der Waals surface area (Å²) >= 11 is 8.02. The van der Waals surface area contributed by atoms with Gasteiger partial charge in [-0.1, -0.05) is 11.6 Å². The van der Waals surface area contributed by atoms with Crippen molar-refractivity contribution in [2.75, 3.05) is 11.1 Å². The van der Waals surface area contributed by atoms with Gasteiger partial charge in [0.15, 0.2) is 0 Å². The molecule has 19 heavy (non-hydrogen) atoms. The van der Waals surface area contributed by atoms with Crippen LogP contribution in [0, 0.1) is 0 Å². The molecular formula is C14H16ClN3S. The van der Waals surface area contributed by atoms with Gasteiger partial charge < -0.3 is 5.32 Å². The molecule has 1 N–H and O–H groups in total. The third-order valence-electron chi connectivity index (χ3n) is 3.31. The Hall–Kier alpha value is -1.13. The third kappa shape index (κ3) is 2.74. The monoisotopic (exact) mass is 293 g/mol. The number of fused-ring (bicyclic) bond motifs is 1. The van der Waals surface area contributed by atoms with Gasteiger partial charge in [0.2, 0.25) is 0 Å². The first kappa shape index (κ1) is 12.9. The van der Waals surface area contributed by atoms with Crippen LogP contribution in [0.15, 0.2) is 35.5 Å². The summed E-state index contributed by atoms with van der Waals surface area (Å²) in [6.45, 7) is 2.98. The van der Waals surface area contributed by atoms with E-state index in [9.17, 15) is 0 Å². The lowest BCUT2D eigenvalue weighted by Gasteiger charge is -2.26. The van der Waals surface area contributed by atoms with Crippen molar-refractivity contribution in [1.82, 2.24) is 9.78 Å². The highest BCUT2D eigenvalue weighted by Gasteiger charge is 2.21. The van der Waals surface area contributed by atoms with Gasteiger partial charge in [-0.05, 0) is 37.1 Å². The number of aromatic nitrogens is 2. The van der Waals surface area contributed by atoms with E-state index in [1.165, 1.54) is 10.5 Å². The fourth-order valence-corrected chi connectivity index (χ4v) is 3.61. The van der Waals surface area contributed by atoms with Gasteiger partial charge in [-0.15, -0.1) is 11.8 Å². The molecule has 0 radical (unpaired) electrons. The lowest BCUT2D eigenvalue weighted by Crippen LogP contribution is -2.15. The highest BCUT2D eigenvalue weighted by molar-refractivity contribution is 7.99. The first-order valence-electron chi connectivity index (χ1n) is 6.47. The molecule has 1 aliphatic rings. The molecule has 3 rings (SSSR count). The molecule has 100 valence electrons. The second-order valence-corrected chi connectivity index (χ2v) is 6.17. The number of aryl methyl sites for hydroxylation is 1. The van der Waals surface area contributed by atoms with E-state index in [1.54, 1.807) is 0 Å². The van der Waals surface area contributed by atoms with Crippen molar-refractivity contribution in [3.8, 4) is 0 Å². The van der Waals surface area contributed by atoms with Gasteiger partial charge in [0.1, 0.15) is 0 Å². The lowest BCUT2D eigenvalue weighted by molar-refractivity contribution is 0.659. The molecule has 0 spiro atoms. The van der Waals surface area contributed by atoms with Crippen LogP contribution in [0.5, 0.6) is 0 Å². The molecule has 1 aromatic carbocycles. The number of thioether (sulfide) groups is 1. The molecule has 1 aliphatic heterocycles. The second kappa shape index (κ2) is 5.47. The van der Waals surface area contributed by atoms with E-state index in [0.29, 0.717) is 6.04 Å². The largest absolute Gasteiger partial charge is 0.376 e. The lowest BCUT2D eigenvalue weighted by atomic mass is 10.0. The molecule has 0 bridgehead atoms. The zero-order valence-electron chi connectivity index (χ0n) is 10.8. The summed E-state index contributed by atoms with van der Waals surface area (Å²) in [6, 6.07) is 6.48. The Kier molecular flexibility index (Phi) is 3.71. The topological polar surface area (TPSA) is 29.9 Å². The first-order valence-corrected chi connectivity index (χ1v) is 7.84. The number of hydrogen-bond acceptors (Lipinski definition) is 3. The van der Waals surface area contributed by atoms with Gasteiger partial charge in [-0.2, -0.15) is 5.10 Å². The Morgan fingerprint density at radius 3 is 3.21 bits per heavy atom. The Labute approximate surface area is 122 Å². The minimum absolute atomic E-state index is 0.324. The normalized spacial score (nSPS) is 18.1. The molecule has 0 aliphatic carbocycles.